The number of hydrogen-bond acceptors (Lipinski definition) is 3. The third kappa shape index (κ3) is 4.34. The van der Waals surface area contributed by atoms with E-state index >= 15 is 0 Å². The summed E-state index contributed by atoms with van der Waals surface area (Å²) in [6.07, 6.45) is 0.852. The minimum absolute atomic E-state index is 0.00554. The molecule has 0 spiro atoms. The second kappa shape index (κ2) is 6.28. The number of carbonyl (C=O) groups excluding carboxylic acids is 1. The van der Waals surface area contributed by atoms with Gasteiger partial charge in [-0.05, 0) is 18.6 Å². The normalized spacial score (nSPS) is 9.00. The van der Waals surface area contributed by atoms with E-state index in [1.807, 2.05) is 6.92 Å². The average Bonchev–Trinajstić information content (AvgIpc) is 2.34. The maximum Gasteiger partial charge on any atom is 0.296 e. The number of rotatable bonds is 3. The molecule has 0 aromatic heterocycles. The van der Waals surface area contributed by atoms with Crippen molar-refractivity contribution in [3.63, 3.8) is 0 Å². The molecule has 1 amide bonds. The Kier molecular flexibility index (Phi) is 4.70. The highest BCUT2D eigenvalue weighted by Gasteiger charge is 2.02. The van der Waals surface area contributed by atoms with Gasteiger partial charge in [0.15, 0.2) is 0 Å². The van der Waals surface area contributed by atoms with E-state index in [9.17, 15) is 14.9 Å². The molecular weight excluding hydrogens is 220 g/mol. The number of amides is 1. The Hall–Kier alpha value is -2.35. The molecule has 1 aromatic carbocycles. The van der Waals surface area contributed by atoms with Crippen molar-refractivity contribution in [2.75, 3.05) is 6.54 Å². The maximum atomic E-state index is 11.2. The Morgan fingerprint density at radius 3 is 2.59 bits per heavy atom. The van der Waals surface area contributed by atoms with Gasteiger partial charge in [-0.3, -0.25) is 14.9 Å². The largest absolute Gasteiger partial charge is 0.345 e. The first kappa shape index (κ1) is 12.7. The third-order valence-electron chi connectivity index (χ3n) is 1.93. The molecule has 0 unspecified atom stereocenters. The topological polar surface area (TPSA) is 72.2 Å². The minimum Gasteiger partial charge on any atom is -0.345 e. The lowest BCUT2D eigenvalue weighted by Crippen LogP contribution is -2.21. The van der Waals surface area contributed by atoms with Crippen LogP contribution in [0.15, 0.2) is 24.3 Å². The van der Waals surface area contributed by atoms with Crippen molar-refractivity contribution in [3.8, 4) is 11.8 Å². The van der Waals surface area contributed by atoms with Crippen LogP contribution >= 0.6 is 0 Å². The molecule has 0 radical (unpaired) electrons. The molecule has 1 rings (SSSR count). The van der Waals surface area contributed by atoms with Crippen LogP contribution in [0.2, 0.25) is 0 Å². The number of nitrogens with one attached hydrogen (secondary N) is 1. The van der Waals surface area contributed by atoms with Crippen LogP contribution in [0.4, 0.5) is 5.69 Å². The molecule has 0 saturated carbocycles. The van der Waals surface area contributed by atoms with Crippen LogP contribution in [-0.4, -0.2) is 17.4 Å². The second-order valence-electron chi connectivity index (χ2n) is 3.31. The Balaban J connectivity index is 2.66. The van der Waals surface area contributed by atoms with Gasteiger partial charge in [0, 0.05) is 30.2 Å². The number of hydrogen-bond donors (Lipinski definition) is 1. The zero-order valence-corrected chi connectivity index (χ0v) is 9.40. The van der Waals surface area contributed by atoms with Crippen LogP contribution < -0.4 is 5.32 Å². The van der Waals surface area contributed by atoms with Gasteiger partial charge in [0.1, 0.15) is 0 Å². The van der Waals surface area contributed by atoms with Crippen LogP contribution in [0.5, 0.6) is 0 Å². The monoisotopic (exact) mass is 232 g/mol. The zero-order chi connectivity index (χ0) is 12.7. The average molecular weight is 232 g/mol. The van der Waals surface area contributed by atoms with Crippen molar-refractivity contribution >= 4 is 11.6 Å². The van der Waals surface area contributed by atoms with Crippen molar-refractivity contribution in [3.05, 3.63) is 39.9 Å². The lowest BCUT2D eigenvalue weighted by atomic mass is 10.2. The summed E-state index contributed by atoms with van der Waals surface area (Å²) < 4.78 is 0. The summed E-state index contributed by atoms with van der Waals surface area (Å²) in [7, 11) is 0. The van der Waals surface area contributed by atoms with Gasteiger partial charge in [-0.25, -0.2) is 0 Å². The molecule has 88 valence electrons. The molecular formula is C12H12N2O3. The van der Waals surface area contributed by atoms with E-state index in [2.05, 4.69) is 17.2 Å². The fraction of sp³-hybridized carbons (Fsp3) is 0.250. The van der Waals surface area contributed by atoms with Crippen molar-refractivity contribution in [1.82, 2.24) is 5.32 Å². The first-order chi connectivity index (χ1) is 8.13. The van der Waals surface area contributed by atoms with E-state index in [0.717, 1.165) is 6.42 Å². The van der Waals surface area contributed by atoms with Gasteiger partial charge in [-0.1, -0.05) is 12.8 Å². The summed E-state index contributed by atoms with van der Waals surface area (Å²) in [5.74, 6) is 4.70. The Morgan fingerprint density at radius 2 is 2.06 bits per heavy atom. The standard InChI is InChI=1S/C12H12N2O3/c1-2-9-13-12(15)8-5-10-3-6-11(7-4-10)14(16)17/h3-4,6-7H,2,9H2,1H3,(H,13,15). The van der Waals surface area contributed by atoms with E-state index in [-0.39, 0.29) is 11.6 Å². The van der Waals surface area contributed by atoms with E-state index in [4.69, 9.17) is 0 Å². The summed E-state index contributed by atoms with van der Waals surface area (Å²) in [5.41, 5.74) is 0.577. The van der Waals surface area contributed by atoms with Crippen LogP contribution in [-0.2, 0) is 4.79 Å². The summed E-state index contributed by atoms with van der Waals surface area (Å²) in [6.45, 7) is 2.54. The Labute approximate surface area is 99.0 Å². The van der Waals surface area contributed by atoms with E-state index in [1.165, 1.54) is 24.3 Å². The molecule has 0 bridgehead atoms. The van der Waals surface area contributed by atoms with Crippen LogP contribution in [0.1, 0.15) is 18.9 Å². The maximum absolute atomic E-state index is 11.2. The smallest absolute Gasteiger partial charge is 0.296 e. The quantitative estimate of drug-likeness (QED) is 0.487. The Morgan fingerprint density at radius 1 is 1.41 bits per heavy atom. The molecule has 0 aliphatic heterocycles. The molecule has 1 aromatic rings. The molecule has 0 aliphatic rings. The summed E-state index contributed by atoms with van der Waals surface area (Å²) >= 11 is 0. The van der Waals surface area contributed by atoms with E-state index < -0.39 is 4.92 Å². The molecule has 1 N–H and O–H groups in total. The van der Waals surface area contributed by atoms with Gasteiger partial charge in [-0.2, -0.15) is 0 Å². The van der Waals surface area contributed by atoms with Gasteiger partial charge in [-0.15, -0.1) is 0 Å². The van der Waals surface area contributed by atoms with Crippen molar-refractivity contribution in [2.45, 2.75) is 13.3 Å². The van der Waals surface area contributed by atoms with Crippen molar-refractivity contribution < 1.29 is 9.72 Å². The molecule has 0 saturated heterocycles. The van der Waals surface area contributed by atoms with Gasteiger partial charge in [0.25, 0.3) is 11.6 Å². The first-order valence-corrected chi connectivity index (χ1v) is 5.17. The van der Waals surface area contributed by atoms with Crippen molar-refractivity contribution in [2.24, 2.45) is 0 Å². The molecule has 0 fully saturated rings. The first-order valence-electron chi connectivity index (χ1n) is 5.17. The fourth-order valence-electron chi connectivity index (χ4n) is 1.08. The van der Waals surface area contributed by atoms with Gasteiger partial charge in [0.2, 0.25) is 0 Å². The highest BCUT2D eigenvalue weighted by atomic mass is 16.6. The lowest BCUT2D eigenvalue weighted by Gasteiger charge is -1.94. The third-order valence-corrected chi connectivity index (χ3v) is 1.93. The number of nitrogens with zero attached hydrogens (tertiary/aromatic N) is 1. The zero-order valence-electron chi connectivity index (χ0n) is 9.40. The summed E-state index contributed by atoms with van der Waals surface area (Å²) in [5, 5.41) is 13.0. The van der Waals surface area contributed by atoms with Crippen LogP contribution in [0, 0.1) is 22.0 Å². The summed E-state index contributed by atoms with van der Waals surface area (Å²) in [4.78, 5) is 21.1. The number of carbonyl (C=O) groups is 1. The second-order valence-corrected chi connectivity index (χ2v) is 3.31. The fourth-order valence-corrected chi connectivity index (χ4v) is 1.08. The molecule has 0 aliphatic carbocycles. The van der Waals surface area contributed by atoms with Crippen LogP contribution in [0.3, 0.4) is 0 Å². The summed E-state index contributed by atoms with van der Waals surface area (Å²) in [6, 6.07) is 5.73. The Bertz CT molecular complexity index is 469. The molecule has 5 nitrogen and oxygen atoms in total. The molecule has 0 atom stereocenters. The molecule has 17 heavy (non-hydrogen) atoms. The van der Waals surface area contributed by atoms with Gasteiger partial charge < -0.3 is 5.32 Å². The van der Waals surface area contributed by atoms with E-state index in [0.29, 0.717) is 12.1 Å². The highest BCUT2D eigenvalue weighted by Crippen LogP contribution is 2.10. The number of nitro groups is 1. The van der Waals surface area contributed by atoms with Gasteiger partial charge in [0.05, 0.1) is 4.92 Å². The van der Waals surface area contributed by atoms with Crippen molar-refractivity contribution in [1.29, 1.82) is 0 Å². The van der Waals surface area contributed by atoms with E-state index in [1.54, 1.807) is 0 Å². The molecule has 5 heteroatoms. The number of non-ortho nitro benzene ring substituents is 1. The SMILES string of the molecule is CCCNC(=O)C#Cc1ccc([N+](=O)[O-])cc1. The predicted octanol–water partition coefficient (Wildman–Crippen LogP) is 1.47. The number of benzene rings is 1. The highest BCUT2D eigenvalue weighted by molar-refractivity contribution is 5.94. The van der Waals surface area contributed by atoms with Gasteiger partial charge >= 0.3 is 0 Å². The minimum atomic E-state index is -0.481. The predicted molar refractivity (Wildman–Crippen MR) is 63.3 cm³/mol. The number of nitro benzene ring substituents is 1. The lowest BCUT2D eigenvalue weighted by molar-refractivity contribution is -0.384. The van der Waals surface area contributed by atoms with Crippen LogP contribution in [0.25, 0.3) is 0 Å². The molecule has 0 heterocycles.